The fourth-order valence-corrected chi connectivity index (χ4v) is 16.0. The molecule has 6 N–H and O–H groups in total. The van der Waals surface area contributed by atoms with Crippen molar-refractivity contribution in [1.82, 2.24) is 41.7 Å². The van der Waals surface area contributed by atoms with Crippen molar-refractivity contribution in [3.63, 3.8) is 0 Å². The van der Waals surface area contributed by atoms with Crippen LogP contribution < -0.4 is 31.9 Å². The number of likely N-dealkylation sites (N-methyl/N-ethyl adjacent to an activating group) is 2. The number of carbonyl (C=O) groups is 6. The number of ether oxygens (including phenoxy) is 2. The average molecular weight is 1190 g/mol. The zero-order chi connectivity index (χ0) is 55.7. The number of fused-ring (bicyclic) bond motifs is 4. The van der Waals surface area contributed by atoms with Crippen LogP contribution in [-0.2, 0) is 51.1 Å². The van der Waals surface area contributed by atoms with Gasteiger partial charge in [-0.3, -0.25) is 28.8 Å². The lowest BCUT2D eigenvalue weighted by molar-refractivity contribution is -0.144. The van der Waals surface area contributed by atoms with Gasteiger partial charge in [0.15, 0.2) is 0 Å². The van der Waals surface area contributed by atoms with E-state index in [2.05, 4.69) is 83.9 Å². The van der Waals surface area contributed by atoms with Crippen LogP contribution in [0.15, 0.2) is 48.5 Å². The van der Waals surface area contributed by atoms with Crippen LogP contribution in [0.25, 0.3) is 0 Å². The van der Waals surface area contributed by atoms with Gasteiger partial charge in [0.05, 0.1) is 47.1 Å². The van der Waals surface area contributed by atoms with E-state index in [1.165, 1.54) is 36.8 Å². The molecule has 2 unspecified atom stereocenters. The first-order valence-corrected chi connectivity index (χ1v) is 31.4. The molecule has 0 bridgehead atoms. The van der Waals surface area contributed by atoms with E-state index in [1.54, 1.807) is 61.3 Å². The molecule has 4 saturated heterocycles. The Labute approximate surface area is 497 Å². The van der Waals surface area contributed by atoms with Crippen LogP contribution in [-0.4, -0.2) is 143 Å². The van der Waals surface area contributed by atoms with Crippen LogP contribution in [0.5, 0.6) is 0 Å². The van der Waals surface area contributed by atoms with Crippen LogP contribution in [0.2, 0.25) is 0 Å². The summed E-state index contributed by atoms with van der Waals surface area (Å²) in [4.78, 5) is 86.6. The van der Waals surface area contributed by atoms with Crippen LogP contribution in [0.3, 0.4) is 0 Å². The molecule has 4 heterocycles. The molecule has 446 valence electrons. The van der Waals surface area contributed by atoms with Gasteiger partial charge in [-0.05, 0) is 111 Å². The summed E-state index contributed by atoms with van der Waals surface area (Å²) in [6.07, 6.45) is 14.7. The van der Waals surface area contributed by atoms with E-state index < -0.39 is 47.1 Å². The van der Waals surface area contributed by atoms with Gasteiger partial charge in [0.1, 0.15) is 24.2 Å². The third kappa shape index (κ3) is 15.4. The van der Waals surface area contributed by atoms with Crippen molar-refractivity contribution in [2.75, 3.05) is 38.8 Å². The average Bonchev–Trinajstić information content (AvgIpc) is 4.20. The molecule has 2 aliphatic carbocycles. The number of rotatable bonds is 25. The molecule has 4 aliphatic heterocycles. The van der Waals surface area contributed by atoms with Crippen LogP contribution >= 0.6 is 48.3 Å². The predicted octanol–water partition coefficient (Wildman–Crippen LogP) is 7.69. The molecule has 8 rings (SSSR count). The molecule has 0 spiro atoms. The Morgan fingerprint density at radius 1 is 0.562 bits per heavy atom. The summed E-state index contributed by atoms with van der Waals surface area (Å²) in [5, 5.41) is 18.3. The highest BCUT2D eigenvalue weighted by Crippen LogP contribution is 2.49. The normalized spacial score (nSPS) is 27.9. The van der Waals surface area contributed by atoms with Gasteiger partial charge in [-0.2, -0.15) is 0 Å². The molecule has 4 fully saturated rings. The number of benzene rings is 2. The Balaban J connectivity index is 0.00000516. The second-order valence-electron chi connectivity index (χ2n) is 24.2. The molecule has 0 saturated carbocycles. The van der Waals surface area contributed by atoms with Crippen LogP contribution in [0, 0.1) is 10.8 Å². The summed E-state index contributed by atoms with van der Waals surface area (Å²) in [7, 11) is 3.44. The molecule has 20 heteroatoms. The fraction of sp³-hybridized carbons (Fsp3) is 0.700. The van der Waals surface area contributed by atoms with Gasteiger partial charge < -0.3 is 51.2 Å². The van der Waals surface area contributed by atoms with Gasteiger partial charge in [0, 0.05) is 26.1 Å². The van der Waals surface area contributed by atoms with E-state index in [1.807, 2.05) is 24.3 Å². The number of hydrogen-bond donors (Lipinski definition) is 6. The van der Waals surface area contributed by atoms with Gasteiger partial charge in [-0.1, -0.05) is 128 Å². The maximum atomic E-state index is 14.5. The Bertz CT molecular complexity index is 2280. The minimum absolute atomic E-state index is 0. The predicted molar refractivity (Wildman–Crippen MR) is 323 cm³/mol. The first kappa shape index (κ1) is 65.5. The van der Waals surface area contributed by atoms with Crippen molar-refractivity contribution >= 4 is 83.8 Å². The van der Waals surface area contributed by atoms with Crippen molar-refractivity contribution in [2.45, 2.75) is 216 Å². The standard InChI is InChI=1S/C60H90N8O8S2.2ClH/c1-37(61-7)53(69)63-43-27-31-77-47-35-59(3,4)51(67(47)57(43)73)55(71)65-49-41-25-19-17-23-39(41)33-45(49)75-29-21-15-13-11-9-10-12-14-16-22-30-76-46-34-40-24-18-20-26-42(40)50(46)66-56(72)52-60(5,6)36-48-68(52)58(74)44(28-32-78-48)64-54(70)38(2)62-8;;/h17-20,23-26,37-38,43-52,61-62H,9-16,21-22,27-36H2,1-8H3,(H,63,69)(H,64,70)(H,65,71)(H,66,72);2*1H/t37?,38?,43-,44-,45+,46+,47-,48-,49-,50-,51+,52+;;/m0../s1. The number of nitrogens with one attached hydrogen (secondary N) is 6. The fourth-order valence-electron chi connectivity index (χ4n) is 12.9. The van der Waals surface area contributed by atoms with E-state index in [4.69, 9.17) is 9.47 Å². The van der Waals surface area contributed by atoms with Crippen molar-refractivity contribution in [1.29, 1.82) is 0 Å². The first-order valence-electron chi connectivity index (χ1n) is 29.3. The number of amides is 6. The lowest BCUT2D eigenvalue weighted by Gasteiger charge is -2.35. The molecular weight excluding hydrogens is 1100 g/mol. The first-order chi connectivity index (χ1) is 37.4. The molecule has 2 aromatic rings. The Morgan fingerprint density at radius 3 is 1.27 bits per heavy atom. The molecule has 2 aromatic carbocycles. The van der Waals surface area contributed by atoms with Gasteiger partial charge in [-0.15, -0.1) is 48.3 Å². The molecule has 6 amide bonds. The monoisotopic (exact) mass is 1190 g/mol. The van der Waals surface area contributed by atoms with Gasteiger partial charge in [0.25, 0.3) is 0 Å². The highest BCUT2D eigenvalue weighted by Gasteiger charge is 2.57. The lowest BCUT2D eigenvalue weighted by Crippen LogP contribution is -2.58. The number of unbranched alkanes of at least 4 members (excludes halogenated alkanes) is 9. The van der Waals surface area contributed by atoms with E-state index in [9.17, 15) is 28.8 Å². The number of halogens is 2. The topological polar surface area (TPSA) is 200 Å². The van der Waals surface area contributed by atoms with Crippen molar-refractivity contribution in [2.24, 2.45) is 10.8 Å². The second kappa shape index (κ2) is 29.8. The maximum absolute atomic E-state index is 14.5. The maximum Gasteiger partial charge on any atom is 0.246 e. The zero-order valence-electron chi connectivity index (χ0n) is 48.5. The summed E-state index contributed by atoms with van der Waals surface area (Å²) in [5.41, 5.74) is 3.58. The number of nitrogens with zero attached hydrogens (tertiary/aromatic N) is 2. The minimum atomic E-state index is -0.677. The van der Waals surface area contributed by atoms with E-state index in [-0.39, 0.29) is 95.3 Å². The number of hydrogen-bond acceptors (Lipinski definition) is 12. The largest absolute Gasteiger partial charge is 0.375 e. The third-order valence-corrected chi connectivity index (χ3v) is 20.0. The summed E-state index contributed by atoms with van der Waals surface area (Å²) < 4.78 is 13.2. The molecule has 0 radical (unpaired) electrons. The minimum Gasteiger partial charge on any atom is -0.375 e. The molecular formula is C60H92Cl2N8O8S2. The number of thioether (sulfide) groups is 2. The number of carbonyl (C=O) groups excluding carboxylic acids is 6. The highest BCUT2D eigenvalue weighted by molar-refractivity contribution is 8.00. The van der Waals surface area contributed by atoms with Crippen molar-refractivity contribution in [3.05, 3.63) is 70.8 Å². The van der Waals surface area contributed by atoms with Crippen molar-refractivity contribution < 1.29 is 38.2 Å². The molecule has 0 aromatic heterocycles. The Kier molecular flexibility index (Phi) is 24.4. The summed E-state index contributed by atoms with van der Waals surface area (Å²) in [5.74, 6) is 0.286. The SMILES string of the molecule is CNC(C)C(=O)N[C@H]1CCS[C@H]2CC(C)(C)[C@@H](C(=O)N[C@H]3c4ccccc4C[C@H]3OCCCCCCCCCCCCO[C@@H]3Cc4ccccc4[C@@H]3NC(=O)[C@H]3N4C(=O)[C@@H](NC(=O)C(C)NC)CCS[C@H]4CC3(C)C)N2C1=O.Cl.Cl. The summed E-state index contributed by atoms with van der Waals surface area (Å²) in [6.45, 7) is 13.1. The van der Waals surface area contributed by atoms with E-state index in [0.717, 1.165) is 74.0 Å². The Morgan fingerprint density at radius 2 is 0.912 bits per heavy atom. The highest BCUT2D eigenvalue weighted by atomic mass is 35.5. The Hall–Kier alpha value is -3.62. The van der Waals surface area contributed by atoms with Gasteiger partial charge in [0.2, 0.25) is 35.4 Å². The molecule has 12 atom stereocenters. The summed E-state index contributed by atoms with van der Waals surface area (Å²) in [6, 6.07) is 12.3. The van der Waals surface area contributed by atoms with Gasteiger partial charge >= 0.3 is 0 Å². The molecule has 80 heavy (non-hydrogen) atoms. The summed E-state index contributed by atoms with van der Waals surface area (Å²) >= 11 is 3.40. The zero-order valence-corrected chi connectivity index (χ0v) is 51.7. The van der Waals surface area contributed by atoms with Crippen LogP contribution in [0.4, 0.5) is 0 Å². The van der Waals surface area contributed by atoms with Gasteiger partial charge in [-0.25, -0.2) is 0 Å². The van der Waals surface area contributed by atoms with E-state index >= 15 is 0 Å². The third-order valence-electron chi connectivity index (χ3n) is 17.5. The van der Waals surface area contributed by atoms with Crippen LogP contribution in [0.1, 0.15) is 166 Å². The van der Waals surface area contributed by atoms with Crippen molar-refractivity contribution in [3.8, 4) is 0 Å². The smallest absolute Gasteiger partial charge is 0.246 e. The molecule has 16 nitrogen and oxygen atoms in total. The lowest BCUT2D eigenvalue weighted by atomic mass is 9.83. The molecule has 6 aliphatic rings. The van der Waals surface area contributed by atoms with E-state index in [0.29, 0.717) is 38.9 Å². The second-order valence-corrected chi connectivity index (χ2v) is 26.8. The quantitative estimate of drug-likeness (QED) is 0.0531.